The Kier molecular flexibility index (Phi) is 2.65. The Morgan fingerprint density at radius 2 is 1.92 bits per heavy atom. The van der Waals surface area contributed by atoms with Gasteiger partial charge < -0.3 is 5.73 Å². The predicted octanol–water partition coefficient (Wildman–Crippen LogP) is 2.53. The summed E-state index contributed by atoms with van der Waals surface area (Å²) in [5.41, 5.74) is 7.24. The van der Waals surface area contributed by atoms with Gasteiger partial charge in [0.05, 0.1) is 0 Å². The average molecular weight is 175 g/mol. The molecule has 0 radical (unpaired) electrons. The Hall–Kier alpha value is -0.820. The minimum Gasteiger partial charge on any atom is -0.330 e. The van der Waals surface area contributed by atoms with Crippen molar-refractivity contribution in [3.05, 3.63) is 35.9 Å². The van der Waals surface area contributed by atoms with Crippen molar-refractivity contribution in [2.45, 2.75) is 25.2 Å². The molecule has 0 heterocycles. The first-order valence-electron chi connectivity index (χ1n) is 5.17. The molecule has 1 aromatic carbocycles. The maximum absolute atomic E-state index is 5.76. The van der Waals surface area contributed by atoms with Crippen LogP contribution in [0.25, 0.3) is 0 Å². The highest BCUT2D eigenvalue weighted by atomic mass is 14.6. The fourth-order valence-electron chi connectivity index (χ4n) is 2.46. The first-order chi connectivity index (χ1) is 6.42. The van der Waals surface area contributed by atoms with Crippen LogP contribution in [0.3, 0.4) is 0 Å². The first kappa shape index (κ1) is 8.76. The summed E-state index contributed by atoms with van der Waals surface area (Å²) in [4.78, 5) is 0. The van der Waals surface area contributed by atoms with Crippen molar-refractivity contribution in [1.29, 1.82) is 0 Å². The highest BCUT2D eigenvalue weighted by Crippen LogP contribution is 2.38. The van der Waals surface area contributed by atoms with Crippen LogP contribution in [-0.2, 0) is 0 Å². The highest BCUT2D eigenvalue weighted by molar-refractivity contribution is 5.21. The highest BCUT2D eigenvalue weighted by Gasteiger charge is 2.26. The van der Waals surface area contributed by atoms with Gasteiger partial charge >= 0.3 is 0 Å². The number of benzene rings is 1. The third-order valence-electron chi connectivity index (χ3n) is 3.19. The molecule has 13 heavy (non-hydrogen) atoms. The van der Waals surface area contributed by atoms with Gasteiger partial charge in [0.25, 0.3) is 0 Å². The predicted molar refractivity (Wildman–Crippen MR) is 55.6 cm³/mol. The molecule has 1 aromatic rings. The zero-order valence-corrected chi connectivity index (χ0v) is 7.95. The standard InChI is InChI=1S/C12H17N/c13-9-11-7-4-8-12(11)10-5-2-1-3-6-10/h1-3,5-6,11-12H,4,7-9,13H2/t11-,12+/m1/s1. The lowest BCUT2D eigenvalue weighted by atomic mass is 9.89. The monoisotopic (exact) mass is 175 g/mol. The lowest BCUT2D eigenvalue weighted by molar-refractivity contribution is 0.496. The molecule has 0 aliphatic heterocycles. The smallest absolute Gasteiger partial charge is 0.00430 e. The summed E-state index contributed by atoms with van der Waals surface area (Å²) in [6.07, 6.45) is 3.99. The van der Waals surface area contributed by atoms with Gasteiger partial charge in [-0.2, -0.15) is 0 Å². The van der Waals surface area contributed by atoms with Gasteiger partial charge in [0.2, 0.25) is 0 Å². The Balaban J connectivity index is 2.16. The van der Waals surface area contributed by atoms with Gasteiger partial charge in [0, 0.05) is 0 Å². The van der Waals surface area contributed by atoms with E-state index in [4.69, 9.17) is 5.73 Å². The Morgan fingerprint density at radius 3 is 2.62 bits per heavy atom. The second kappa shape index (κ2) is 3.93. The Labute approximate surface area is 80.0 Å². The van der Waals surface area contributed by atoms with E-state index in [0.29, 0.717) is 0 Å². The maximum Gasteiger partial charge on any atom is -0.00430 e. The van der Waals surface area contributed by atoms with Crippen molar-refractivity contribution in [3.63, 3.8) is 0 Å². The Morgan fingerprint density at radius 1 is 1.15 bits per heavy atom. The molecule has 2 rings (SSSR count). The van der Waals surface area contributed by atoms with Crippen LogP contribution in [0.5, 0.6) is 0 Å². The van der Waals surface area contributed by atoms with Crippen molar-refractivity contribution in [2.75, 3.05) is 6.54 Å². The van der Waals surface area contributed by atoms with E-state index in [9.17, 15) is 0 Å². The second-order valence-corrected chi connectivity index (χ2v) is 3.94. The van der Waals surface area contributed by atoms with Gasteiger partial charge in [-0.25, -0.2) is 0 Å². The number of rotatable bonds is 2. The normalized spacial score (nSPS) is 27.8. The fraction of sp³-hybridized carbons (Fsp3) is 0.500. The lowest BCUT2D eigenvalue weighted by Gasteiger charge is -2.17. The van der Waals surface area contributed by atoms with Crippen molar-refractivity contribution >= 4 is 0 Å². The van der Waals surface area contributed by atoms with Crippen LogP contribution in [0.1, 0.15) is 30.7 Å². The quantitative estimate of drug-likeness (QED) is 0.734. The van der Waals surface area contributed by atoms with Gasteiger partial charge in [0.1, 0.15) is 0 Å². The molecule has 0 aromatic heterocycles. The molecule has 0 amide bonds. The van der Waals surface area contributed by atoms with Crippen molar-refractivity contribution in [3.8, 4) is 0 Å². The molecule has 2 N–H and O–H groups in total. The lowest BCUT2D eigenvalue weighted by Crippen LogP contribution is -2.16. The molecule has 1 aliphatic carbocycles. The Bertz CT molecular complexity index is 255. The molecule has 2 atom stereocenters. The SMILES string of the molecule is NC[C@H]1CCC[C@H]1c1ccccc1. The summed E-state index contributed by atoms with van der Waals surface area (Å²) < 4.78 is 0. The summed E-state index contributed by atoms with van der Waals surface area (Å²) in [6, 6.07) is 10.8. The van der Waals surface area contributed by atoms with E-state index in [1.807, 2.05) is 0 Å². The van der Waals surface area contributed by atoms with Gasteiger partial charge in [0.15, 0.2) is 0 Å². The molecule has 1 fully saturated rings. The first-order valence-corrected chi connectivity index (χ1v) is 5.17. The van der Waals surface area contributed by atoms with Crippen LogP contribution in [0.4, 0.5) is 0 Å². The van der Waals surface area contributed by atoms with Crippen LogP contribution in [-0.4, -0.2) is 6.54 Å². The molecule has 1 aliphatic rings. The summed E-state index contributed by atoms with van der Waals surface area (Å²) in [5, 5.41) is 0. The topological polar surface area (TPSA) is 26.0 Å². The van der Waals surface area contributed by atoms with Crippen molar-refractivity contribution in [2.24, 2.45) is 11.7 Å². The van der Waals surface area contributed by atoms with Gasteiger partial charge in [-0.15, -0.1) is 0 Å². The van der Waals surface area contributed by atoms with E-state index < -0.39 is 0 Å². The van der Waals surface area contributed by atoms with Crippen molar-refractivity contribution < 1.29 is 0 Å². The van der Waals surface area contributed by atoms with Gasteiger partial charge in [-0.1, -0.05) is 36.8 Å². The summed E-state index contributed by atoms with van der Waals surface area (Å²) in [7, 11) is 0. The van der Waals surface area contributed by atoms with E-state index >= 15 is 0 Å². The number of hydrogen-bond acceptors (Lipinski definition) is 1. The third-order valence-corrected chi connectivity index (χ3v) is 3.19. The number of nitrogens with two attached hydrogens (primary N) is 1. The molecule has 70 valence electrons. The summed E-state index contributed by atoms with van der Waals surface area (Å²) >= 11 is 0. The molecular formula is C12H17N. The van der Waals surface area contributed by atoms with Crippen LogP contribution >= 0.6 is 0 Å². The van der Waals surface area contributed by atoms with Crippen LogP contribution < -0.4 is 5.73 Å². The zero-order valence-electron chi connectivity index (χ0n) is 7.95. The van der Waals surface area contributed by atoms with E-state index in [0.717, 1.165) is 18.4 Å². The van der Waals surface area contributed by atoms with E-state index in [2.05, 4.69) is 30.3 Å². The molecule has 1 heteroatoms. The second-order valence-electron chi connectivity index (χ2n) is 3.94. The van der Waals surface area contributed by atoms with Gasteiger partial charge in [-0.05, 0) is 36.8 Å². The molecule has 0 unspecified atom stereocenters. The van der Waals surface area contributed by atoms with Crippen LogP contribution in [0.15, 0.2) is 30.3 Å². The third kappa shape index (κ3) is 1.75. The average Bonchev–Trinajstić information content (AvgIpc) is 2.67. The minimum atomic E-state index is 0.724. The minimum absolute atomic E-state index is 0.724. The summed E-state index contributed by atoms with van der Waals surface area (Å²) in [5.74, 6) is 1.45. The zero-order chi connectivity index (χ0) is 9.10. The molecule has 0 bridgehead atoms. The molecule has 0 saturated heterocycles. The van der Waals surface area contributed by atoms with E-state index in [-0.39, 0.29) is 0 Å². The largest absolute Gasteiger partial charge is 0.330 e. The maximum atomic E-state index is 5.76. The molecular weight excluding hydrogens is 158 g/mol. The molecule has 1 nitrogen and oxygen atoms in total. The van der Waals surface area contributed by atoms with Crippen LogP contribution in [0.2, 0.25) is 0 Å². The van der Waals surface area contributed by atoms with Gasteiger partial charge in [-0.3, -0.25) is 0 Å². The van der Waals surface area contributed by atoms with Crippen molar-refractivity contribution in [1.82, 2.24) is 0 Å². The molecule has 1 saturated carbocycles. The van der Waals surface area contributed by atoms with Crippen LogP contribution in [0, 0.1) is 5.92 Å². The fourth-order valence-corrected chi connectivity index (χ4v) is 2.46. The van der Waals surface area contributed by atoms with E-state index in [1.54, 1.807) is 0 Å². The van der Waals surface area contributed by atoms with E-state index in [1.165, 1.54) is 24.8 Å². The molecule has 0 spiro atoms. The summed E-state index contributed by atoms with van der Waals surface area (Å²) in [6.45, 7) is 0.847. The number of hydrogen-bond donors (Lipinski definition) is 1.